The predicted octanol–water partition coefficient (Wildman–Crippen LogP) is 13.0. The standard InChI is InChI=1S/2C24H48O2.Na/c2*1-2-3-4-5-6-7-8-9-10-11-12-13-14-15-16-17-18-19-20-21-22-23-24(25)26;/h2*2-23H2,1H3,(H,25,26);/q;;+1/p-1. The summed E-state index contributed by atoms with van der Waals surface area (Å²) in [6.07, 6.45) is 57.8. The summed E-state index contributed by atoms with van der Waals surface area (Å²) in [6.45, 7) is 4.57. The molecule has 312 valence electrons. The van der Waals surface area contributed by atoms with Crippen LogP contribution in [0.2, 0.25) is 0 Å². The van der Waals surface area contributed by atoms with Gasteiger partial charge < -0.3 is 15.0 Å². The van der Waals surface area contributed by atoms with E-state index in [-0.39, 0.29) is 36.0 Å². The molecule has 0 saturated carbocycles. The molecule has 0 rings (SSSR count). The van der Waals surface area contributed by atoms with Crippen LogP contribution in [0.3, 0.4) is 0 Å². The van der Waals surface area contributed by atoms with E-state index in [1.165, 1.54) is 244 Å². The molecule has 0 aliphatic heterocycles. The quantitative estimate of drug-likeness (QED) is 0.0496. The van der Waals surface area contributed by atoms with Crippen LogP contribution in [0.4, 0.5) is 0 Å². The van der Waals surface area contributed by atoms with Crippen molar-refractivity contribution >= 4 is 11.9 Å². The first-order valence-electron chi connectivity index (χ1n) is 24.0. The molecule has 0 aliphatic rings. The van der Waals surface area contributed by atoms with Crippen LogP contribution >= 0.6 is 0 Å². The molecule has 0 saturated heterocycles. The molecule has 0 amide bonds. The molecule has 0 unspecified atom stereocenters. The van der Waals surface area contributed by atoms with Crippen molar-refractivity contribution in [2.24, 2.45) is 0 Å². The summed E-state index contributed by atoms with van der Waals surface area (Å²) in [5, 5.41) is 18.9. The Morgan fingerprint density at radius 3 is 0.604 bits per heavy atom. The molecule has 5 heteroatoms. The molecular weight excluding hydrogens is 664 g/mol. The first-order valence-corrected chi connectivity index (χ1v) is 24.0. The Labute approximate surface area is 355 Å². The Bertz CT molecular complexity index is 614. The Morgan fingerprint density at radius 1 is 0.302 bits per heavy atom. The number of aliphatic carboxylic acids is 2. The maximum atomic E-state index is 10.4. The van der Waals surface area contributed by atoms with Crippen LogP contribution < -0.4 is 34.7 Å². The van der Waals surface area contributed by atoms with Gasteiger partial charge in [-0.2, -0.15) is 0 Å². The van der Waals surface area contributed by atoms with Gasteiger partial charge in [-0.05, 0) is 19.3 Å². The number of carboxylic acid groups (broad SMARTS) is 2. The van der Waals surface area contributed by atoms with Gasteiger partial charge in [-0.3, -0.25) is 4.79 Å². The van der Waals surface area contributed by atoms with Gasteiger partial charge in [0, 0.05) is 12.4 Å². The van der Waals surface area contributed by atoms with E-state index < -0.39 is 11.9 Å². The smallest absolute Gasteiger partial charge is 0.550 e. The third-order valence-corrected chi connectivity index (χ3v) is 11.0. The fourth-order valence-electron chi connectivity index (χ4n) is 7.41. The van der Waals surface area contributed by atoms with Crippen LogP contribution in [0.1, 0.15) is 296 Å². The summed E-state index contributed by atoms with van der Waals surface area (Å²) in [5.41, 5.74) is 0. The molecule has 0 fully saturated rings. The van der Waals surface area contributed by atoms with Crippen LogP contribution in [0.5, 0.6) is 0 Å². The monoisotopic (exact) mass is 759 g/mol. The van der Waals surface area contributed by atoms with E-state index in [2.05, 4.69) is 13.8 Å². The van der Waals surface area contributed by atoms with Crippen molar-refractivity contribution in [1.29, 1.82) is 0 Å². The van der Waals surface area contributed by atoms with Crippen LogP contribution in [0.25, 0.3) is 0 Å². The molecule has 0 bridgehead atoms. The predicted molar refractivity (Wildman–Crippen MR) is 227 cm³/mol. The second-order valence-electron chi connectivity index (χ2n) is 16.4. The number of rotatable bonds is 44. The summed E-state index contributed by atoms with van der Waals surface area (Å²) in [6, 6.07) is 0. The number of carbonyl (C=O) groups excluding carboxylic acids is 1. The zero-order valence-electron chi connectivity index (χ0n) is 36.8. The molecule has 4 nitrogen and oxygen atoms in total. The maximum absolute atomic E-state index is 10.4. The average molecular weight is 759 g/mol. The molecule has 53 heavy (non-hydrogen) atoms. The van der Waals surface area contributed by atoms with Crippen LogP contribution in [-0.2, 0) is 9.59 Å². The molecule has 0 spiro atoms. The number of carboxylic acids is 2. The van der Waals surface area contributed by atoms with Gasteiger partial charge in [-0.25, -0.2) is 0 Å². The van der Waals surface area contributed by atoms with Crippen molar-refractivity contribution < 1.29 is 49.4 Å². The number of unbranched alkanes of at least 4 members (excludes halogenated alkanes) is 40. The van der Waals surface area contributed by atoms with Crippen LogP contribution in [0, 0.1) is 0 Å². The molecule has 0 heterocycles. The van der Waals surface area contributed by atoms with Crippen molar-refractivity contribution in [1.82, 2.24) is 0 Å². The summed E-state index contributed by atoms with van der Waals surface area (Å²) < 4.78 is 0. The van der Waals surface area contributed by atoms with Crippen molar-refractivity contribution in [3.8, 4) is 0 Å². The molecule has 0 aromatic heterocycles. The van der Waals surface area contributed by atoms with Gasteiger partial charge in [0.15, 0.2) is 0 Å². The van der Waals surface area contributed by atoms with Gasteiger partial charge in [-0.15, -0.1) is 0 Å². The average Bonchev–Trinajstić information content (AvgIpc) is 3.13. The Balaban J connectivity index is -0.000000926. The Morgan fingerprint density at radius 2 is 0.453 bits per heavy atom. The van der Waals surface area contributed by atoms with E-state index >= 15 is 0 Å². The van der Waals surface area contributed by atoms with Gasteiger partial charge in [0.2, 0.25) is 0 Å². The number of hydrogen-bond acceptors (Lipinski definition) is 3. The van der Waals surface area contributed by atoms with Gasteiger partial charge in [0.25, 0.3) is 0 Å². The van der Waals surface area contributed by atoms with Gasteiger partial charge in [-0.1, -0.05) is 271 Å². The van der Waals surface area contributed by atoms with E-state index in [0.717, 1.165) is 25.7 Å². The summed E-state index contributed by atoms with van der Waals surface area (Å²) in [5.74, 6) is -1.55. The first-order chi connectivity index (χ1) is 25.5. The van der Waals surface area contributed by atoms with E-state index in [0.29, 0.717) is 6.42 Å². The maximum Gasteiger partial charge on any atom is 1.00 e. The van der Waals surface area contributed by atoms with E-state index in [1.54, 1.807) is 0 Å². The summed E-state index contributed by atoms with van der Waals surface area (Å²) >= 11 is 0. The Hall–Kier alpha value is -0.0600. The zero-order chi connectivity index (χ0) is 38.3. The summed E-state index contributed by atoms with van der Waals surface area (Å²) in [7, 11) is 0. The SMILES string of the molecule is CCCCCCCCCCCCCCCCCCCCCCCC(=O)O.CCCCCCCCCCCCCCCCCCCCCCCC(=O)[O-].[Na+]. The largest absolute Gasteiger partial charge is 1.00 e. The second kappa shape index (κ2) is 54.0. The van der Waals surface area contributed by atoms with Crippen molar-refractivity contribution in [3.63, 3.8) is 0 Å². The summed E-state index contributed by atoms with van der Waals surface area (Å²) in [4.78, 5) is 20.7. The molecule has 0 radical (unpaired) electrons. The molecule has 1 N–H and O–H groups in total. The second-order valence-corrected chi connectivity index (χ2v) is 16.4. The van der Waals surface area contributed by atoms with Gasteiger partial charge in [0.1, 0.15) is 0 Å². The van der Waals surface area contributed by atoms with E-state index in [9.17, 15) is 14.7 Å². The minimum absolute atomic E-state index is 0. The molecule has 0 aromatic rings. The van der Waals surface area contributed by atoms with Gasteiger partial charge in [0.05, 0.1) is 0 Å². The van der Waals surface area contributed by atoms with Crippen molar-refractivity contribution in [2.75, 3.05) is 0 Å². The molecule has 0 aromatic carbocycles. The third-order valence-electron chi connectivity index (χ3n) is 11.0. The molecule has 0 atom stereocenters. The minimum Gasteiger partial charge on any atom is -0.550 e. The zero-order valence-corrected chi connectivity index (χ0v) is 38.8. The Kier molecular flexibility index (Phi) is 58.4. The van der Waals surface area contributed by atoms with E-state index in [1.807, 2.05) is 0 Å². The topological polar surface area (TPSA) is 77.4 Å². The van der Waals surface area contributed by atoms with E-state index in [4.69, 9.17) is 5.11 Å². The first kappa shape index (κ1) is 57.3. The van der Waals surface area contributed by atoms with Crippen molar-refractivity contribution in [2.45, 2.75) is 296 Å². The van der Waals surface area contributed by atoms with Crippen LogP contribution in [-0.4, -0.2) is 17.0 Å². The minimum atomic E-state index is -0.900. The normalized spacial score (nSPS) is 10.9. The third kappa shape index (κ3) is 61.4. The fourth-order valence-corrected chi connectivity index (χ4v) is 7.41. The van der Waals surface area contributed by atoms with Crippen molar-refractivity contribution in [3.05, 3.63) is 0 Å². The molecule has 0 aliphatic carbocycles. The fraction of sp³-hybridized carbons (Fsp3) is 0.958. The molecular formula is C48H95NaO4. The number of hydrogen-bond donors (Lipinski definition) is 1. The van der Waals surface area contributed by atoms with Crippen LogP contribution in [0.15, 0.2) is 0 Å². The number of carbonyl (C=O) groups is 2. The van der Waals surface area contributed by atoms with Gasteiger partial charge >= 0.3 is 35.5 Å².